The molecular weight excluding hydrogens is 250 g/mol. The Hall–Kier alpha value is -2.61. The molecule has 0 atom stereocenters. The Balaban J connectivity index is 2.45. The maximum absolute atomic E-state index is 8.98. The molecule has 0 saturated heterocycles. The van der Waals surface area contributed by atoms with Crippen molar-refractivity contribution in [3.8, 4) is 6.07 Å². The van der Waals surface area contributed by atoms with E-state index in [2.05, 4.69) is 23.0 Å². The fourth-order valence-corrected chi connectivity index (χ4v) is 2.10. The zero-order chi connectivity index (χ0) is 14.5. The van der Waals surface area contributed by atoms with Gasteiger partial charge in [0.15, 0.2) is 0 Å². The summed E-state index contributed by atoms with van der Waals surface area (Å²) in [7, 11) is 1.91. The van der Waals surface area contributed by atoms with Crippen LogP contribution in [0.25, 0.3) is 0 Å². The van der Waals surface area contributed by atoms with Crippen molar-refractivity contribution in [2.75, 3.05) is 17.7 Å². The van der Waals surface area contributed by atoms with Crippen LogP contribution in [0.15, 0.2) is 30.6 Å². The van der Waals surface area contributed by atoms with Crippen LogP contribution in [0.2, 0.25) is 0 Å². The van der Waals surface area contributed by atoms with E-state index in [0.717, 1.165) is 29.9 Å². The van der Waals surface area contributed by atoms with Crippen molar-refractivity contribution >= 4 is 17.3 Å². The van der Waals surface area contributed by atoms with E-state index in [1.165, 1.54) is 6.33 Å². The summed E-state index contributed by atoms with van der Waals surface area (Å²) in [4.78, 5) is 10.3. The lowest BCUT2D eigenvalue weighted by Gasteiger charge is -2.21. The zero-order valence-corrected chi connectivity index (χ0v) is 11.7. The van der Waals surface area contributed by atoms with Gasteiger partial charge in [0.05, 0.1) is 11.6 Å². The van der Waals surface area contributed by atoms with E-state index in [1.54, 1.807) is 6.07 Å². The van der Waals surface area contributed by atoms with Crippen molar-refractivity contribution in [1.29, 1.82) is 5.26 Å². The lowest BCUT2D eigenvalue weighted by atomic mass is 10.1. The minimum absolute atomic E-state index is 0.514. The Morgan fingerprint density at radius 2 is 2.15 bits per heavy atom. The van der Waals surface area contributed by atoms with E-state index in [1.807, 2.05) is 30.1 Å². The molecule has 1 heterocycles. The number of hydrogen-bond acceptors (Lipinski definition) is 5. The number of anilines is 3. The molecule has 102 valence electrons. The number of nitrogens with zero attached hydrogens (tertiary/aromatic N) is 4. The number of rotatable bonds is 4. The molecule has 0 aliphatic carbocycles. The summed E-state index contributed by atoms with van der Waals surface area (Å²) in [5.41, 5.74) is 8.41. The molecule has 5 nitrogen and oxygen atoms in total. The Morgan fingerprint density at radius 3 is 2.85 bits per heavy atom. The molecule has 1 aromatic heterocycles. The molecule has 0 spiro atoms. The summed E-state index contributed by atoms with van der Waals surface area (Å²) >= 11 is 0. The predicted molar refractivity (Wildman–Crippen MR) is 79.7 cm³/mol. The number of nitrogens with two attached hydrogens (primary N) is 1. The summed E-state index contributed by atoms with van der Waals surface area (Å²) < 4.78 is 0. The summed E-state index contributed by atoms with van der Waals surface area (Å²) in [5, 5.41) is 8.98. The van der Waals surface area contributed by atoms with Gasteiger partial charge in [0.2, 0.25) is 0 Å². The minimum atomic E-state index is 0.514. The predicted octanol–water partition coefficient (Wildman–Crippen LogP) is 2.65. The van der Waals surface area contributed by atoms with Crippen LogP contribution >= 0.6 is 0 Å². The van der Waals surface area contributed by atoms with Gasteiger partial charge in [-0.15, -0.1) is 0 Å². The third kappa shape index (κ3) is 2.69. The first kappa shape index (κ1) is 13.8. The van der Waals surface area contributed by atoms with Crippen molar-refractivity contribution in [3.05, 3.63) is 41.7 Å². The van der Waals surface area contributed by atoms with E-state index in [9.17, 15) is 0 Å². The number of nitriles is 1. The Morgan fingerprint density at radius 1 is 1.35 bits per heavy atom. The topological polar surface area (TPSA) is 78.8 Å². The van der Waals surface area contributed by atoms with Crippen molar-refractivity contribution in [2.24, 2.45) is 0 Å². The number of nitrogen functional groups attached to an aromatic ring is 1. The van der Waals surface area contributed by atoms with Crippen LogP contribution in [0.4, 0.5) is 17.3 Å². The maximum atomic E-state index is 8.98. The molecule has 0 aliphatic heterocycles. The van der Waals surface area contributed by atoms with E-state index in [4.69, 9.17) is 11.0 Å². The van der Waals surface area contributed by atoms with E-state index in [0.29, 0.717) is 11.4 Å². The first-order valence-electron chi connectivity index (χ1n) is 6.50. The van der Waals surface area contributed by atoms with Crippen LogP contribution in [-0.4, -0.2) is 17.0 Å². The monoisotopic (exact) mass is 267 g/mol. The van der Waals surface area contributed by atoms with Crippen LogP contribution in [0.1, 0.15) is 24.5 Å². The smallest absolute Gasteiger partial charge is 0.141 e. The molecule has 20 heavy (non-hydrogen) atoms. The average molecular weight is 267 g/mol. The second kappa shape index (κ2) is 6.02. The number of benzene rings is 1. The standard InChI is InChI=1S/C15H17N5/c1-3-5-13-14(17)18-10-19-15(13)20(2)12-7-4-6-11(8-12)9-16/h4,6-8,10H,3,5H2,1-2H3,(H2,17,18,19). The molecule has 0 unspecified atom stereocenters. The average Bonchev–Trinajstić information content (AvgIpc) is 2.49. The highest BCUT2D eigenvalue weighted by atomic mass is 15.2. The zero-order valence-electron chi connectivity index (χ0n) is 11.7. The van der Waals surface area contributed by atoms with Crippen LogP contribution < -0.4 is 10.6 Å². The second-order valence-corrected chi connectivity index (χ2v) is 4.53. The maximum Gasteiger partial charge on any atom is 0.141 e. The van der Waals surface area contributed by atoms with Gasteiger partial charge in [-0.2, -0.15) is 5.26 Å². The molecule has 2 N–H and O–H groups in total. The molecule has 0 saturated carbocycles. The number of hydrogen-bond donors (Lipinski definition) is 1. The fourth-order valence-electron chi connectivity index (χ4n) is 2.10. The molecule has 0 radical (unpaired) electrons. The van der Waals surface area contributed by atoms with Gasteiger partial charge < -0.3 is 10.6 Å². The molecular formula is C15H17N5. The molecule has 0 fully saturated rings. The normalized spacial score (nSPS) is 10.1. The second-order valence-electron chi connectivity index (χ2n) is 4.53. The quantitative estimate of drug-likeness (QED) is 0.921. The largest absolute Gasteiger partial charge is 0.383 e. The van der Waals surface area contributed by atoms with Crippen LogP contribution in [-0.2, 0) is 6.42 Å². The lowest BCUT2D eigenvalue weighted by Crippen LogP contribution is -2.15. The van der Waals surface area contributed by atoms with Crippen molar-refractivity contribution < 1.29 is 0 Å². The summed E-state index contributed by atoms with van der Waals surface area (Å²) in [6.45, 7) is 2.09. The molecule has 5 heteroatoms. The first-order chi connectivity index (χ1) is 9.67. The van der Waals surface area contributed by atoms with Gasteiger partial charge in [-0.25, -0.2) is 9.97 Å². The van der Waals surface area contributed by atoms with Crippen LogP contribution in [0.5, 0.6) is 0 Å². The Labute approximate surface area is 118 Å². The molecule has 1 aromatic carbocycles. The summed E-state index contributed by atoms with van der Waals surface area (Å²) in [6.07, 6.45) is 3.26. The van der Waals surface area contributed by atoms with Crippen molar-refractivity contribution in [1.82, 2.24) is 9.97 Å². The molecule has 2 rings (SSSR count). The lowest BCUT2D eigenvalue weighted by molar-refractivity contribution is 0.896. The molecule has 0 amide bonds. The van der Waals surface area contributed by atoms with Gasteiger partial charge in [-0.1, -0.05) is 19.4 Å². The van der Waals surface area contributed by atoms with Gasteiger partial charge in [0.25, 0.3) is 0 Å². The van der Waals surface area contributed by atoms with Crippen LogP contribution in [0.3, 0.4) is 0 Å². The first-order valence-corrected chi connectivity index (χ1v) is 6.50. The minimum Gasteiger partial charge on any atom is -0.383 e. The van der Waals surface area contributed by atoms with Crippen molar-refractivity contribution in [3.63, 3.8) is 0 Å². The fraction of sp³-hybridized carbons (Fsp3) is 0.267. The SMILES string of the molecule is CCCc1c(N)ncnc1N(C)c1cccc(C#N)c1. The molecule has 0 aliphatic rings. The van der Waals surface area contributed by atoms with E-state index >= 15 is 0 Å². The van der Waals surface area contributed by atoms with Gasteiger partial charge in [-0.05, 0) is 24.6 Å². The van der Waals surface area contributed by atoms with Gasteiger partial charge in [0, 0.05) is 18.3 Å². The third-order valence-electron chi connectivity index (χ3n) is 3.14. The number of aromatic nitrogens is 2. The van der Waals surface area contributed by atoms with Gasteiger partial charge in [-0.3, -0.25) is 0 Å². The molecule has 2 aromatic rings. The van der Waals surface area contributed by atoms with Gasteiger partial charge in [0.1, 0.15) is 18.0 Å². The van der Waals surface area contributed by atoms with Crippen molar-refractivity contribution in [2.45, 2.75) is 19.8 Å². The third-order valence-corrected chi connectivity index (χ3v) is 3.14. The van der Waals surface area contributed by atoms with Gasteiger partial charge >= 0.3 is 0 Å². The highest BCUT2D eigenvalue weighted by molar-refractivity contribution is 5.67. The molecule has 0 bridgehead atoms. The van der Waals surface area contributed by atoms with E-state index < -0.39 is 0 Å². The van der Waals surface area contributed by atoms with Crippen LogP contribution in [0, 0.1) is 11.3 Å². The summed E-state index contributed by atoms with van der Waals surface area (Å²) in [6, 6.07) is 9.54. The highest BCUT2D eigenvalue weighted by Gasteiger charge is 2.14. The van der Waals surface area contributed by atoms with E-state index in [-0.39, 0.29) is 0 Å². The Bertz CT molecular complexity index is 645. The highest BCUT2D eigenvalue weighted by Crippen LogP contribution is 2.28. The Kier molecular flexibility index (Phi) is 4.16. The summed E-state index contributed by atoms with van der Waals surface area (Å²) in [5.74, 6) is 1.30.